The minimum Gasteiger partial charge on any atom is -0.481 e. The molecule has 0 spiro atoms. The first-order valence-electron chi connectivity index (χ1n) is 5.53. The largest absolute Gasteiger partial charge is 0.481 e. The first-order chi connectivity index (χ1) is 7.07. The molecule has 0 aromatic rings. The van der Waals surface area contributed by atoms with Crippen molar-refractivity contribution in [3.8, 4) is 0 Å². The number of carbonyl (C=O) groups excluding carboxylic acids is 1. The first kappa shape index (κ1) is 13.9. The molecule has 4 nitrogen and oxygen atoms in total. The minimum absolute atomic E-state index is 0.0485. The Hall–Kier alpha value is -1.06. The lowest BCUT2D eigenvalue weighted by Gasteiger charge is -2.16. The number of unbranched alkanes of at least 4 members (excludes halogenated alkanes) is 2. The van der Waals surface area contributed by atoms with Gasteiger partial charge in [-0.15, -0.1) is 0 Å². The number of hydrogen-bond donors (Lipinski definition) is 1. The average molecular weight is 215 g/mol. The zero-order chi connectivity index (χ0) is 11.7. The van der Waals surface area contributed by atoms with Crippen molar-refractivity contribution in [2.75, 3.05) is 13.6 Å². The predicted octanol–water partition coefficient (Wildman–Crippen LogP) is 1.89. The summed E-state index contributed by atoms with van der Waals surface area (Å²) >= 11 is 0. The van der Waals surface area contributed by atoms with Crippen molar-refractivity contribution in [2.24, 2.45) is 0 Å². The van der Waals surface area contributed by atoms with E-state index in [1.807, 2.05) is 0 Å². The SMILES string of the molecule is CCCCCN(C)C(=O)CCCC(=O)O. The molecule has 0 aliphatic rings. The van der Waals surface area contributed by atoms with Gasteiger partial charge in [-0.3, -0.25) is 9.59 Å². The molecule has 0 heterocycles. The Morgan fingerprint density at radius 3 is 2.33 bits per heavy atom. The molecular formula is C11H21NO3. The van der Waals surface area contributed by atoms with E-state index in [9.17, 15) is 9.59 Å². The molecule has 1 N–H and O–H groups in total. The van der Waals surface area contributed by atoms with Crippen LogP contribution < -0.4 is 0 Å². The molecule has 0 atom stereocenters. The number of hydrogen-bond acceptors (Lipinski definition) is 2. The van der Waals surface area contributed by atoms with Gasteiger partial charge in [0.15, 0.2) is 0 Å². The lowest BCUT2D eigenvalue weighted by Crippen LogP contribution is -2.27. The van der Waals surface area contributed by atoms with E-state index in [-0.39, 0.29) is 12.3 Å². The third-order valence-corrected chi connectivity index (χ3v) is 2.30. The van der Waals surface area contributed by atoms with Crippen LogP contribution in [0.4, 0.5) is 0 Å². The molecule has 15 heavy (non-hydrogen) atoms. The van der Waals surface area contributed by atoms with E-state index >= 15 is 0 Å². The van der Waals surface area contributed by atoms with Gasteiger partial charge in [-0.05, 0) is 12.8 Å². The van der Waals surface area contributed by atoms with Crippen molar-refractivity contribution in [2.45, 2.75) is 45.4 Å². The van der Waals surface area contributed by atoms with Gasteiger partial charge in [0, 0.05) is 26.4 Å². The molecule has 0 aromatic carbocycles. The number of amides is 1. The van der Waals surface area contributed by atoms with Crippen molar-refractivity contribution < 1.29 is 14.7 Å². The Bertz CT molecular complexity index is 204. The molecule has 88 valence electrons. The quantitative estimate of drug-likeness (QED) is 0.629. The highest BCUT2D eigenvalue weighted by Gasteiger charge is 2.08. The van der Waals surface area contributed by atoms with Gasteiger partial charge < -0.3 is 10.0 Å². The van der Waals surface area contributed by atoms with E-state index in [0.717, 1.165) is 25.8 Å². The van der Waals surface area contributed by atoms with E-state index < -0.39 is 5.97 Å². The number of aliphatic carboxylic acids is 1. The maximum absolute atomic E-state index is 11.5. The molecule has 0 radical (unpaired) electrons. The molecule has 0 fully saturated rings. The second-order valence-corrected chi connectivity index (χ2v) is 3.77. The van der Waals surface area contributed by atoms with Crippen LogP contribution >= 0.6 is 0 Å². The maximum Gasteiger partial charge on any atom is 0.303 e. The summed E-state index contributed by atoms with van der Waals surface area (Å²) in [5, 5.41) is 8.41. The molecule has 0 aliphatic carbocycles. The number of carbonyl (C=O) groups is 2. The van der Waals surface area contributed by atoms with Gasteiger partial charge >= 0.3 is 5.97 Å². The second-order valence-electron chi connectivity index (χ2n) is 3.77. The van der Waals surface area contributed by atoms with Crippen LogP contribution in [-0.2, 0) is 9.59 Å². The summed E-state index contributed by atoms with van der Waals surface area (Å²) in [4.78, 5) is 23.4. The van der Waals surface area contributed by atoms with Crippen molar-refractivity contribution in [1.29, 1.82) is 0 Å². The van der Waals surface area contributed by atoms with Crippen LogP contribution in [-0.4, -0.2) is 35.5 Å². The van der Waals surface area contributed by atoms with Gasteiger partial charge in [-0.1, -0.05) is 19.8 Å². The number of rotatable bonds is 8. The van der Waals surface area contributed by atoms with Crippen LogP contribution in [0.5, 0.6) is 0 Å². The lowest BCUT2D eigenvalue weighted by molar-refractivity contribution is -0.137. The van der Waals surface area contributed by atoms with Crippen LogP contribution in [0.3, 0.4) is 0 Å². The molecular weight excluding hydrogens is 194 g/mol. The fourth-order valence-electron chi connectivity index (χ4n) is 1.31. The zero-order valence-electron chi connectivity index (χ0n) is 9.66. The summed E-state index contributed by atoms with van der Waals surface area (Å²) in [5.41, 5.74) is 0. The molecule has 0 bridgehead atoms. The van der Waals surface area contributed by atoms with Gasteiger partial charge in [0.2, 0.25) is 5.91 Å². The molecule has 0 aromatic heterocycles. The second kappa shape index (κ2) is 8.26. The number of carboxylic acids is 1. The van der Waals surface area contributed by atoms with Crippen molar-refractivity contribution >= 4 is 11.9 Å². The normalized spacial score (nSPS) is 10.0. The predicted molar refractivity (Wildman–Crippen MR) is 58.6 cm³/mol. The molecule has 0 saturated carbocycles. The third-order valence-electron chi connectivity index (χ3n) is 2.30. The Morgan fingerprint density at radius 1 is 1.13 bits per heavy atom. The topological polar surface area (TPSA) is 57.6 Å². The Balaban J connectivity index is 3.55. The van der Waals surface area contributed by atoms with Gasteiger partial charge in [0.25, 0.3) is 0 Å². The highest BCUT2D eigenvalue weighted by Crippen LogP contribution is 2.02. The highest BCUT2D eigenvalue weighted by atomic mass is 16.4. The summed E-state index contributed by atoms with van der Waals surface area (Å²) < 4.78 is 0. The standard InChI is InChI=1S/C11H21NO3/c1-3-4-5-9-12(2)10(13)7-6-8-11(14)15/h3-9H2,1-2H3,(H,14,15). The van der Waals surface area contributed by atoms with Gasteiger partial charge in [0.1, 0.15) is 0 Å². The fraction of sp³-hybridized carbons (Fsp3) is 0.818. The van der Waals surface area contributed by atoms with Crippen molar-refractivity contribution in [3.05, 3.63) is 0 Å². The van der Waals surface area contributed by atoms with Crippen LogP contribution in [0, 0.1) is 0 Å². The van der Waals surface area contributed by atoms with Gasteiger partial charge in [0.05, 0.1) is 0 Å². The molecule has 1 amide bonds. The Kier molecular flexibility index (Phi) is 7.68. The molecule has 0 rings (SSSR count). The Morgan fingerprint density at radius 2 is 1.80 bits per heavy atom. The lowest BCUT2D eigenvalue weighted by atomic mass is 10.2. The van der Waals surface area contributed by atoms with Crippen molar-refractivity contribution in [1.82, 2.24) is 4.90 Å². The van der Waals surface area contributed by atoms with E-state index in [0.29, 0.717) is 12.8 Å². The van der Waals surface area contributed by atoms with Crippen LogP contribution in [0.2, 0.25) is 0 Å². The summed E-state index contributed by atoms with van der Waals surface area (Å²) in [7, 11) is 1.78. The average Bonchev–Trinajstić information content (AvgIpc) is 2.17. The number of nitrogens with zero attached hydrogens (tertiary/aromatic N) is 1. The Labute approximate surface area is 91.3 Å². The van der Waals surface area contributed by atoms with Crippen LogP contribution in [0.25, 0.3) is 0 Å². The molecule has 4 heteroatoms. The summed E-state index contributed by atoms with van der Waals surface area (Å²) in [6, 6.07) is 0. The smallest absolute Gasteiger partial charge is 0.303 e. The highest BCUT2D eigenvalue weighted by molar-refractivity contribution is 5.76. The van der Waals surface area contributed by atoms with Crippen molar-refractivity contribution in [3.63, 3.8) is 0 Å². The minimum atomic E-state index is -0.837. The van der Waals surface area contributed by atoms with E-state index in [2.05, 4.69) is 6.92 Å². The maximum atomic E-state index is 11.5. The summed E-state index contributed by atoms with van der Waals surface area (Å²) in [6.45, 7) is 2.90. The summed E-state index contributed by atoms with van der Waals surface area (Å²) in [5.74, 6) is -0.788. The zero-order valence-corrected chi connectivity index (χ0v) is 9.66. The molecule has 0 unspecified atom stereocenters. The number of carboxylic acid groups (broad SMARTS) is 1. The molecule has 0 aliphatic heterocycles. The molecule has 0 saturated heterocycles. The van der Waals surface area contributed by atoms with Crippen LogP contribution in [0.1, 0.15) is 45.4 Å². The third kappa shape index (κ3) is 7.97. The van der Waals surface area contributed by atoms with E-state index in [4.69, 9.17) is 5.11 Å². The summed E-state index contributed by atoms with van der Waals surface area (Å²) in [6.07, 6.45) is 4.15. The fourth-order valence-corrected chi connectivity index (χ4v) is 1.31. The van der Waals surface area contributed by atoms with Gasteiger partial charge in [-0.25, -0.2) is 0 Å². The van der Waals surface area contributed by atoms with E-state index in [1.165, 1.54) is 0 Å². The monoisotopic (exact) mass is 215 g/mol. The van der Waals surface area contributed by atoms with Crippen LogP contribution in [0.15, 0.2) is 0 Å². The van der Waals surface area contributed by atoms with Gasteiger partial charge in [-0.2, -0.15) is 0 Å². The first-order valence-corrected chi connectivity index (χ1v) is 5.53. The van der Waals surface area contributed by atoms with E-state index in [1.54, 1.807) is 11.9 Å².